The van der Waals surface area contributed by atoms with Crippen molar-refractivity contribution >= 4 is 17.7 Å². The van der Waals surface area contributed by atoms with Crippen LogP contribution in [0.1, 0.15) is 25.5 Å². The molecular formula is C27H34N4O5. The number of urea groups is 1. The Morgan fingerprint density at radius 1 is 1.03 bits per heavy atom. The molecule has 2 aliphatic heterocycles. The van der Waals surface area contributed by atoms with Gasteiger partial charge in [-0.2, -0.15) is 0 Å². The average Bonchev–Trinajstić information content (AvgIpc) is 2.89. The Balaban J connectivity index is 1.57. The minimum absolute atomic E-state index is 0.239. The van der Waals surface area contributed by atoms with E-state index in [-0.39, 0.29) is 12.6 Å². The number of nitrogens with one attached hydrogen (secondary N) is 2. The van der Waals surface area contributed by atoms with Gasteiger partial charge < -0.3 is 29.7 Å². The molecule has 1 fully saturated rings. The van der Waals surface area contributed by atoms with Crippen molar-refractivity contribution in [3.05, 3.63) is 65.4 Å². The summed E-state index contributed by atoms with van der Waals surface area (Å²) < 4.78 is 16.6. The molecule has 36 heavy (non-hydrogen) atoms. The van der Waals surface area contributed by atoms with Crippen molar-refractivity contribution in [3.63, 3.8) is 0 Å². The molecule has 9 nitrogen and oxygen atoms in total. The molecule has 2 heterocycles. The van der Waals surface area contributed by atoms with Crippen molar-refractivity contribution in [3.8, 4) is 11.5 Å². The second-order valence-corrected chi connectivity index (χ2v) is 8.58. The Morgan fingerprint density at radius 3 is 2.53 bits per heavy atom. The molecule has 0 aromatic heterocycles. The first-order valence-electron chi connectivity index (χ1n) is 12.3. The number of amides is 2. The van der Waals surface area contributed by atoms with E-state index in [9.17, 15) is 9.59 Å². The van der Waals surface area contributed by atoms with Gasteiger partial charge in [-0.3, -0.25) is 4.90 Å². The molecule has 1 unspecified atom stereocenters. The summed E-state index contributed by atoms with van der Waals surface area (Å²) in [5, 5.41) is 5.78. The summed E-state index contributed by atoms with van der Waals surface area (Å²) >= 11 is 0. The molecule has 2 aromatic carbocycles. The lowest BCUT2D eigenvalue weighted by atomic mass is 9.94. The van der Waals surface area contributed by atoms with Gasteiger partial charge in [-0.15, -0.1) is 0 Å². The highest BCUT2D eigenvalue weighted by atomic mass is 16.5. The van der Waals surface area contributed by atoms with Crippen LogP contribution in [0.25, 0.3) is 0 Å². The summed E-state index contributed by atoms with van der Waals surface area (Å²) in [6.07, 6.45) is 0. The van der Waals surface area contributed by atoms with Gasteiger partial charge in [-0.1, -0.05) is 24.3 Å². The van der Waals surface area contributed by atoms with Crippen LogP contribution in [-0.4, -0.2) is 69.9 Å². The molecule has 2 aromatic rings. The van der Waals surface area contributed by atoms with Crippen LogP contribution in [0.15, 0.2) is 59.8 Å². The third-order valence-corrected chi connectivity index (χ3v) is 6.35. The first-order chi connectivity index (χ1) is 17.5. The number of anilines is 1. The van der Waals surface area contributed by atoms with Gasteiger partial charge in [0.05, 0.1) is 31.9 Å². The quantitative estimate of drug-likeness (QED) is 0.518. The highest BCUT2D eigenvalue weighted by molar-refractivity contribution is 5.95. The standard InChI is InChI=1S/C27H34N4O5/c1-4-35-23-12-7-6-11-21(23)25-24(26(32)36-5-2)22(28-27(33)29-25)18-30-13-15-31(16-14-30)19-9-8-10-20(17-19)34-3/h6-12,17,25H,4-5,13-16,18H2,1-3H3,(H2,28,29,33). The molecule has 0 radical (unpaired) electrons. The molecule has 0 saturated carbocycles. The first-order valence-corrected chi connectivity index (χ1v) is 12.3. The zero-order valence-corrected chi connectivity index (χ0v) is 21.1. The van der Waals surface area contributed by atoms with E-state index in [1.165, 1.54) is 0 Å². The number of hydrogen-bond donors (Lipinski definition) is 2. The predicted molar refractivity (Wildman–Crippen MR) is 137 cm³/mol. The number of ether oxygens (including phenoxy) is 3. The summed E-state index contributed by atoms with van der Waals surface area (Å²) in [5.74, 6) is 1.00. The lowest BCUT2D eigenvalue weighted by Crippen LogP contribution is -2.51. The number of rotatable bonds is 9. The number of benzene rings is 2. The molecule has 0 bridgehead atoms. The fourth-order valence-corrected chi connectivity index (χ4v) is 4.63. The smallest absolute Gasteiger partial charge is 0.338 e. The summed E-state index contributed by atoms with van der Waals surface area (Å²) in [6, 6.07) is 14.4. The van der Waals surface area contributed by atoms with E-state index in [0.717, 1.165) is 43.2 Å². The van der Waals surface area contributed by atoms with Crippen molar-refractivity contribution in [1.29, 1.82) is 0 Å². The highest BCUT2D eigenvalue weighted by Gasteiger charge is 2.36. The third kappa shape index (κ3) is 5.73. The average molecular weight is 495 g/mol. The fraction of sp³-hybridized carbons (Fsp3) is 0.407. The molecule has 2 N–H and O–H groups in total. The fourth-order valence-electron chi connectivity index (χ4n) is 4.63. The normalized spacial score (nSPS) is 18.4. The SMILES string of the molecule is CCOC(=O)C1=C(CN2CCN(c3cccc(OC)c3)CC2)NC(=O)NC1c1ccccc1OCC. The summed E-state index contributed by atoms with van der Waals surface area (Å²) in [5.41, 5.74) is 2.79. The van der Waals surface area contributed by atoms with Crippen molar-refractivity contribution in [1.82, 2.24) is 15.5 Å². The van der Waals surface area contributed by atoms with Crippen molar-refractivity contribution in [2.75, 3.05) is 57.9 Å². The Bertz CT molecular complexity index is 1110. The van der Waals surface area contributed by atoms with E-state index in [1.54, 1.807) is 14.0 Å². The Kier molecular flexibility index (Phi) is 8.32. The number of nitrogens with zero attached hydrogens (tertiary/aromatic N) is 2. The lowest BCUT2D eigenvalue weighted by Gasteiger charge is -2.38. The van der Waals surface area contributed by atoms with Gasteiger partial charge in [0.2, 0.25) is 0 Å². The van der Waals surface area contributed by atoms with Gasteiger partial charge >= 0.3 is 12.0 Å². The van der Waals surface area contributed by atoms with E-state index in [1.807, 2.05) is 49.4 Å². The summed E-state index contributed by atoms with van der Waals surface area (Å²) in [7, 11) is 1.67. The van der Waals surface area contributed by atoms with Crippen LogP contribution in [0, 0.1) is 0 Å². The van der Waals surface area contributed by atoms with Crippen molar-refractivity contribution in [2.45, 2.75) is 19.9 Å². The molecule has 0 aliphatic carbocycles. The molecule has 9 heteroatoms. The Labute approximate surface area is 212 Å². The molecular weight excluding hydrogens is 460 g/mol. The van der Waals surface area contributed by atoms with Gasteiger partial charge in [0.1, 0.15) is 11.5 Å². The molecule has 2 amide bonds. The number of methoxy groups -OCH3 is 1. The maximum Gasteiger partial charge on any atom is 0.338 e. The number of carbonyl (C=O) groups excluding carboxylic acids is 2. The molecule has 4 rings (SSSR count). The van der Waals surface area contributed by atoms with Crippen LogP contribution >= 0.6 is 0 Å². The van der Waals surface area contributed by atoms with E-state index in [4.69, 9.17) is 14.2 Å². The van der Waals surface area contributed by atoms with Gasteiger partial charge in [-0.25, -0.2) is 9.59 Å². The van der Waals surface area contributed by atoms with Crippen LogP contribution < -0.4 is 25.0 Å². The monoisotopic (exact) mass is 494 g/mol. The lowest BCUT2D eigenvalue weighted by molar-refractivity contribution is -0.139. The topological polar surface area (TPSA) is 92.4 Å². The number of hydrogen-bond acceptors (Lipinski definition) is 7. The number of para-hydroxylation sites is 1. The third-order valence-electron chi connectivity index (χ3n) is 6.35. The zero-order valence-electron chi connectivity index (χ0n) is 21.1. The molecule has 2 aliphatic rings. The maximum atomic E-state index is 13.2. The van der Waals surface area contributed by atoms with Gasteiger partial charge in [0.25, 0.3) is 0 Å². The summed E-state index contributed by atoms with van der Waals surface area (Å²) in [4.78, 5) is 30.4. The van der Waals surface area contributed by atoms with Crippen LogP contribution in [0.2, 0.25) is 0 Å². The van der Waals surface area contributed by atoms with Crippen LogP contribution in [0.5, 0.6) is 11.5 Å². The number of carbonyl (C=O) groups is 2. The van der Waals surface area contributed by atoms with Gasteiger partial charge in [0, 0.05) is 55.7 Å². The van der Waals surface area contributed by atoms with Gasteiger partial charge in [0.15, 0.2) is 0 Å². The second-order valence-electron chi connectivity index (χ2n) is 8.58. The van der Waals surface area contributed by atoms with Gasteiger partial charge in [-0.05, 0) is 32.0 Å². The Hall–Kier alpha value is -3.72. The van der Waals surface area contributed by atoms with E-state index >= 15 is 0 Å². The highest BCUT2D eigenvalue weighted by Crippen LogP contribution is 2.34. The maximum absolute atomic E-state index is 13.2. The Morgan fingerprint density at radius 2 is 1.81 bits per heavy atom. The second kappa shape index (κ2) is 11.8. The van der Waals surface area contributed by atoms with E-state index < -0.39 is 12.0 Å². The largest absolute Gasteiger partial charge is 0.497 e. The van der Waals surface area contributed by atoms with Crippen LogP contribution in [-0.2, 0) is 9.53 Å². The minimum Gasteiger partial charge on any atom is -0.497 e. The van der Waals surface area contributed by atoms with Crippen molar-refractivity contribution in [2.24, 2.45) is 0 Å². The predicted octanol–water partition coefficient (Wildman–Crippen LogP) is 3.09. The zero-order chi connectivity index (χ0) is 25.5. The molecule has 192 valence electrons. The number of piperazine rings is 1. The van der Waals surface area contributed by atoms with Crippen LogP contribution in [0.4, 0.5) is 10.5 Å². The summed E-state index contributed by atoms with van der Waals surface area (Å²) in [6.45, 7) is 8.00. The van der Waals surface area contributed by atoms with E-state index in [2.05, 4.69) is 26.5 Å². The molecule has 1 atom stereocenters. The first kappa shape index (κ1) is 25.4. The van der Waals surface area contributed by atoms with Crippen LogP contribution in [0.3, 0.4) is 0 Å². The number of esters is 1. The molecule has 0 spiro atoms. The van der Waals surface area contributed by atoms with E-state index in [0.29, 0.717) is 30.2 Å². The minimum atomic E-state index is -0.673. The van der Waals surface area contributed by atoms with Crippen molar-refractivity contribution < 1.29 is 23.8 Å². The molecule has 1 saturated heterocycles.